The standard InChI is InChI=1S/C11H17N3OS.ClH/c12-11-13-5-9(16-11)6-14-3-4-15-7-10(14)8-1-2-8;/h5,8,10H,1-4,6-7H2,(H2,12,13);1H. The molecule has 1 atom stereocenters. The minimum atomic E-state index is 0. The second kappa shape index (κ2) is 5.52. The summed E-state index contributed by atoms with van der Waals surface area (Å²) in [5.41, 5.74) is 5.65. The van der Waals surface area contributed by atoms with Crippen LogP contribution < -0.4 is 5.73 Å². The van der Waals surface area contributed by atoms with Crippen LogP contribution in [0.1, 0.15) is 17.7 Å². The fourth-order valence-corrected chi connectivity index (χ4v) is 3.07. The molecule has 1 aromatic heterocycles. The summed E-state index contributed by atoms with van der Waals surface area (Å²) < 4.78 is 5.58. The van der Waals surface area contributed by atoms with Crippen molar-refractivity contribution in [2.45, 2.75) is 25.4 Å². The molecule has 1 saturated carbocycles. The van der Waals surface area contributed by atoms with Gasteiger partial charge in [-0.2, -0.15) is 0 Å². The second-order valence-corrected chi connectivity index (χ2v) is 5.76. The molecule has 1 unspecified atom stereocenters. The van der Waals surface area contributed by atoms with Crippen molar-refractivity contribution in [1.82, 2.24) is 9.88 Å². The number of rotatable bonds is 3. The van der Waals surface area contributed by atoms with E-state index in [1.165, 1.54) is 17.7 Å². The number of thiazole rings is 1. The molecule has 0 radical (unpaired) electrons. The van der Waals surface area contributed by atoms with Gasteiger partial charge in [0, 0.05) is 30.2 Å². The van der Waals surface area contributed by atoms with Crippen molar-refractivity contribution in [3.63, 3.8) is 0 Å². The zero-order chi connectivity index (χ0) is 11.0. The highest BCUT2D eigenvalue weighted by Crippen LogP contribution is 2.37. The van der Waals surface area contributed by atoms with Crippen LogP contribution in [0, 0.1) is 5.92 Å². The SMILES string of the molecule is Cl.Nc1ncc(CN2CCOCC2C2CC2)s1. The zero-order valence-electron chi connectivity index (χ0n) is 9.67. The highest BCUT2D eigenvalue weighted by molar-refractivity contribution is 7.15. The molecule has 96 valence electrons. The lowest BCUT2D eigenvalue weighted by atomic mass is 10.1. The highest BCUT2D eigenvalue weighted by Gasteiger charge is 2.37. The average Bonchev–Trinajstić information content (AvgIpc) is 3.04. The van der Waals surface area contributed by atoms with Crippen molar-refractivity contribution in [3.05, 3.63) is 11.1 Å². The molecule has 0 aromatic carbocycles. The molecule has 0 bridgehead atoms. The van der Waals surface area contributed by atoms with Gasteiger partial charge < -0.3 is 10.5 Å². The molecule has 17 heavy (non-hydrogen) atoms. The first-order valence-electron chi connectivity index (χ1n) is 5.85. The maximum Gasteiger partial charge on any atom is 0.180 e. The first kappa shape index (κ1) is 13.1. The maximum absolute atomic E-state index is 5.65. The van der Waals surface area contributed by atoms with Crippen LogP contribution in [0.3, 0.4) is 0 Å². The molecule has 1 aliphatic heterocycles. The van der Waals surface area contributed by atoms with Crippen LogP contribution in [-0.4, -0.2) is 35.7 Å². The van der Waals surface area contributed by atoms with Gasteiger partial charge in [0.2, 0.25) is 0 Å². The van der Waals surface area contributed by atoms with Gasteiger partial charge in [-0.1, -0.05) is 0 Å². The molecular formula is C11H18ClN3OS. The lowest BCUT2D eigenvalue weighted by molar-refractivity contribution is -0.0193. The van der Waals surface area contributed by atoms with Crippen molar-refractivity contribution in [3.8, 4) is 0 Å². The molecule has 6 heteroatoms. The maximum atomic E-state index is 5.65. The number of hydrogen-bond donors (Lipinski definition) is 1. The topological polar surface area (TPSA) is 51.4 Å². The third-order valence-electron chi connectivity index (χ3n) is 3.38. The van der Waals surface area contributed by atoms with Gasteiger partial charge in [-0.25, -0.2) is 4.98 Å². The normalized spacial score (nSPS) is 25.5. The lowest BCUT2D eigenvalue weighted by Gasteiger charge is -2.35. The van der Waals surface area contributed by atoms with Gasteiger partial charge in [0.25, 0.3) is 0 Å². The van der Waals surface area contributed by atoms with Crippen LogP contribution in [0.2, 0.25) is 0 Å². The number of nitrogen functional groups attached to an aromatic ring is 1. The number of anilines is 1. The summed E-state index contributed by atoms with van der Waals surface area (Å²) in [6.07, 6.45) is 4.64. The van der Waals surface area contributed by atoms with Crippen LogP contribution >= 0.6 is 23.7 Å². The molecular weight excluding hydrogens is 258 g/mol. The molecule has 2 aliphatic rings. The van der Waals surface area contributed by atoms with E-state index < -0.39 is 0 Å². The van der Waals surface area contributed by atoms with E-state index in [4.69, 9.17) is 10.5 Å². The number of ether oxygens (including phenoxy) is 1. The average molecular weight is 276 g/mol. The van der Waals surface area contributed by atoms with Crippen LogP contribution in [0.4, 0.5) is 5.13 Å². The Morgan fingerprint density at radius 1 is 1.53 bits per heavy atom. The summed E-state index contributed by atoms with van der Waals surface area (Å²) in [5, 5.41) is 0.672. The van der Waals surface area contributed by atoms with E-state index in [9.17, 15) is 0 Å². The van der Waals surface area contributed by atoms with Gasteiger partial charge in [-0.15, -0.1) is 23.7 Å². The Labute approximate surface area is 112 Å². The van der Waals surface area contributed by atoms with E-state index in [1.54, 1.807) is 11.3 Å². The molecule has 2 heterocycles. The number of nitrogens with zero attached hydrogens (tertiary/aromatic N) is 2. The molecule has 3 rings (SSSR count). The molecule has 0 amide bonds. The zero-order valence-corrected chi connectivity index (χ0v) is 11.3. The predicted molar refractivity (Wildman–Crippen MR) is 71.5 cm³/mol. The molecule has 1 saturated heterocycles. The minimum absolute atomic E-state index is 0. The van der Waals surface area contributed by atoms with E-state index in [-0.39, 0.29) is 12.4 Å². The van der Waals surface area contributed by atoms with Crippen LogP contribution in [0.5, 0.6) is 0 Å². The molecule has 2 N–H and O–H groups in total. The van der Waals surface area contributed by atoms with Crippen molar-refractivity contribution < 1.29 is 4.74 Å². The summed E-state index contributed by atoms with van der Waals surface area (Å²) in [7, 11) is 0. The second-order valence-electron chi connectivity index (χ2n) is 4.61. The Morgan fingerprint density at radius 3 is 3.00 bits per heavy atom. The number of hydrogen-bond acceptors (Lipinski definition) is 5. The first-order valence-corrected chi connectivity index (χ1v) is 6.66. The van der Waals surface area contributed by atoms with E-state index >= 15 is 0 Å². The smallest absolute Gasteiger partial charge is 0.180 e. The van der Waals surface area contributed by atoms with Crippen molar-refractivity contribution in [2.75, 3.05) is 25.5 Å². The number of morpholine rings is 1. The Kier molecular flexibility index (Phi) is 4.25. The van der Waals surface area contributed by atoms with Crippen LogP contribution in [0.25, 0.3) is 0 Å². The van der Waals surface area contributed by atoms with Gasteiger partial charge >= 0.3 is 0 Å². The summed E-state index contributed by atoms with van der Waals surface area (Å²) >= 11 is 1.60. The number of halogens is 1. The number of aromatic nitrogens is 1. The summed E-state index contributed by atoms with van der Waals surface area (Å²) in [5.74, 6) is 0.866. The Balaban J connectivity index is 0.00000108. The van der Waals surface area contributed by atoms with Gasteiger partial charge in [0.05, 0.1) is 13.2 Å². The third kappa shape index (κ3) is 3.10. The fourth-order valence-electron chi connectivity index (χ4n) is 2.36. The van der Waals surface area contributed by atoms with Gasteiger partial charge in [-0.3, -0.25) is 4.90 Å². The highest BCUT2D eigenvalue weighted by atomic mass is 35.5. The lowest BCUT2D eigenvalue weighted by Crippen LogP contribution is -2.45. The van der Waals surface area contributed by atoms with Crippen molar-refractivity contribution >= 4 is 28.9 Å². The summed E-state index contributed by atoms with van der Waals surface area (Å²) in [6.45, 7) is 3.79. The summed E-state index contributed by atoms with van der Waals surface area (Å²) in [6, 6.07) is 0.622. The van der Waals surface area contributed by atoms with Gasteiger partial charge in [0.1, 0.15) is 0 Å². The van der Waals surface area contributed by atoms with E-state index in [2.05, 4.69) is 9.88 Å². The van der Waals surface area contributed by atoms with E-state index in [0.717, 1.165) is 32.2 Å². The fraction of sp³-hybridized carbons (Fsp3) is 0.727. The van der Waals surface area contributed by atoms with Crippen molar-refractivity contribution in [1.29, 1.82) is 0 Å². The Hall–Kier alpha value is -0.360. The molecule has 4 nitrogen and oxygen atoms in total. The van der Waals surface area contributed by atoms with Gasteiger partial charge in [-0.05, 0) is 18.8 Å². The molecule has 2 fully saturated rings. The predicted octanol–water partition coefficient (Wildman–Crippen LogP) is 1.76. The molecule has 1 aromatic rings. The third-order valence-corrected chi connectivity index (χ3v) is 4.19. The molecule has 0 spiro atoms. The number of nitrogens with two attached hydrogens (primary N) is 1. The quantitative estimate of drug-likeness (QED) is 0.913. The van der Waals surface area contributed by atoms with Crippen LogP contribution in [0.15, 0.2) is 6.20 Å². The Bertz CT molecular complexity index is 369. The monoisotopic (exact) mass is 275 g/mol. The first-order chi connectivity index (χ1) is 7.83. The van der Waals surface area contributed by atoms with E-state index in [0.29, 0.717) is 11.2 Å². The van der Waals surface area contributed by atoms with E-state index in [1.807, 2.05) is 6.20 Å². The largest absolute Gasteiger partial charge is 0.378 e. The van der Waals surface area contributed by atoms with Crippen LogP contribution in [-0.2, 0) is 11.3 Å². The Morgan fingerprint density at radius 2 is 2.35 bits per heavy atom. The molecule has 1 aliphatic carbocycles. The minimum Gasteiger partial charge on any atom is -0.378 e. The van der Waals surface area contributed by atoms with Crippen molar-refractivity contribution in [2.24, 2.45) is 5.92 Å². The summed E-state index contributed by atoms with van der Waals surface area (Å²) in [4.78, 5) is 7.91. The van der Waals surface area contributed by atoms with Gasteiger partial charge in [0.15, 0.2) is 5.13 Å².